The van der Waals surface area contributed by atoms with Crippen molar-refractivity contribution in [2.45, 2.75) is 19.3 Å². The largest absolute Gasteiger partial charge is 0.383 e. The summed E-state index contributed by atoms with van der Waals surface area (Å²) >= 11 is 0. The third kappa shape index (κ3) is 2.93. The van der Waals surface area contributed by atoms with Crippen LogP contribution in [0.2, 0.25) is 0 Å². The predicted octanol–water partition coefficient (Wildman–Crippen LogP) is 1.58. The monoisotopic (exact) mass is 271 g/mol. The van der Waals surface area contributed by atoms with Gasteiger partial charge in [-0.1, -0.05) is 0 Å². The number of hydrogen-bond donors (Lipinski definition) is 2. The summed E-state index contributed by atoms with van der Waals surface area (Å²) in [5.41, 5.74) is 6.64. The topological polar surface area (TPSA) is 92.8 Å². The Hall–Kier alpha value is -2.44. The summed E-state index contributed by atoms with van der Waals surface area (Å²) in [6, 6.07) is 1.71. The number of piperidine rings is 1. The van der Waals surface area contributed by atoms with E-state index in [-0.39, 0.29) is 0 Å². The van der Waals surface area contributed by atoms with E-state index < -0.39 is 0 Å². The summed E-state index contributed by atoms with van der Waals surface area (Å²) in [5, 5.41) is 3.14. The fourth-order valence-electron chi connectivity index (χ4n) is 2.26. The van der Waals surface area contributed by atoms with Crippen molar-refractivity contribution in [1.82, 2.24) is 19.9 Å². The van der Waals surface area contributed by atoms with Gasteiger partial charge in [0.15, 0.2) is 0 Å². The second kappa shape index (κ2) is 5.68. The average Bonchev–Trinajstić information content (AvgIpc) is 2.49. The van der Waals surface area contributed by atoms with E-state index in [2.05, 4.69) is 30.2 Å². The van der Waals surface area contributed by atoms with Gasteiger partial charge in [0.2, 0.25) is 5.95 Å². The third-order valence-corrected chi connectivity index (χ3v) is 3.21. The zero-order valence-corrected chi connectivity index (χ0v) is 11.2. The molecule has 0 bridgehead atoms. The molecule has 0 unspecified atom stereocenters. The van der Waals surface area contributed by atoms with Gasteiger partial charge in [-0.05, 0) is 19.3 Å². The van der Waals surface area contributed by atoms with Crippen molar-refractivity contribution in [2.75, 3.05) is 29.0 Å². The summed E-state index contributed by atoms with van der Waals surface area (Å²) in [6.45, 7) is 1.97. The zero-order valence-electron chi connectivity index (χ0n) is 11.2. The molecule has 1 aliphatic heterocycles. The first kappa shape index (κ1) is 12.6. The Morgan fingerprint density at radius 1 is 1.05 bits per heavy atom. The summed E-state index contributed by atoms with van der Waals surface area (Å²) in [5.74, 6) is 1.80. The molecule has 3 heterocycles. The molecule has 20 heavy (non-hydrogen) atoms. The summed E-state index contributed by atoms with van der Waals surface area (Å²) in [6.07, 6.45) is 8.47. The van der Waals surface area contributed by atoms with Crippen LogP contribution >= 0.6 is 0 Å². The number of nitrogens with zero attached hydrogens (tertiary/aromatic N) is 5. The van der Waals surface area contributed by atoms with Crippen LogP contribution in [-0.2, 0) is 0 Å². The van der Waals surface area contributed by atoms with Crippen LogP contribution in [0.3, 0.4) is 0 Å². The van der Waals surface area contributed by atoms with E-state index in [9.17, 15) is 0 Å². The van der Waals surface area contributed by atoms with E-state index in [0.717, 1.165) is 18.8 Å². The van der Waals surface area contributed by atoms with E-state index in [0.29, 0.717) is 17.6 Å². The molecule has 0 amide bonds. The van der Waals surface area contributed by atoms with Crippen LogP contribution in [0.4, 0.5) is 23.3 Å². The van der Waals surface area contributed by atoms with Crippen LogP contribution in [0.1, 0.15) is 19.3 Å². The van der Waals surface area contributed by atoms with Crippen molar-refractivity contribution in [3.8, 4) is 0 Å². The Kier molecular flexibility index (Phi) is 3.58. The van der Waals surface area contributed by atoms with Crippen LogP contribution in [0.15, 0.2) is 24.8 Å². The Balaban J connectivity index is 1.82. The minimum atomic E-state index is 0.458. The smallest absolute Gasteiger partial charge is 0.229 e. The van der Waals surface area contributed by atoms with Crippen LogP contribution in [0.25, 0.3) is 0 Å². The number of hydrogen-bond acceptors (Lipinski definition) is 7. The fourth-order valence-corrected chi connectivity index (χ4v) is 2.26. The van der Waals surface area contributed by atoms with E-state index in [1.54, 1.807) is 18.5 Å². The van der Waals surface area contributed by atoms with Crippen LogP contribution < -0.4 is 16.0 Å². The summed E-state index contributed by atoms with van der Waals surface area (Å²) in [4.78, 5) is 18.9. The van der Waals surface area contributed by atoms with Gasteiger partial charge in [-0.2, -0.15) is 9.97 Å². The fraction of sp³-hybridized carbons (Fsp3) is 0.385. The number of nitrogen functional groups attached to an aromatic ring is 1. The maximum absolute atomic E-state index is 5.87. The normalized spacial score (nSPS) is 15.1. The minimum absolute atomic E-state index is 0.458. The Bertz CT molecular complexity index is 566. The molecule has 2 aromatic heterocycles. The lowest BCUT2D eigenvalue weighted by Gasteiger charge is -2.27. The lowest BCUT2D eigenvalue weighted by Crippen LogP contribution is -2.31. The van der Waals surface area contributed by atoms with Crippen molar-refractivity contribution in [3.05, 3.63) is 24.8 Å². The van der Waals surface area contributed by atoms with Gasteiger partial charge in [-0.15, -0.1) is 0 Å². The van der Waals surface area contributed by atoms with Crippen molar-refractivity contribution in [2.24, 2.45) is 0 Å². The van der Waals surface area contributed by atoms with E-state index in [1.807, 2.05) is 0 Å². The molecule has 0 spiro atoms. The maximum atomic E-state index is 5.87. The Labute approximate surface area is 117 Å². The first-order valence-corrected chi connectivity index (χ1v) is 6.73. The number of rotatable bonds is 3. The lowest BCUT2D eigenvalue weighted by atomic mass is 10.1. The SMILES string of the molecule is Nc1cc(Nc2cncnc2)nc(N2CCCCC2)n1. The van der Waals surface area contributed by atoms with Crippen LogP contribution in [-0.4, -0.2) is 33.0 Å². The number of anilines is 4. The number of aromatic nitrogens is 4. The van der Waals surface area contributed by atoms with Crippen molar-refractivity contribution >= 4 is 23.3 Å². The van der Waals surface area contributed by atoms with Gasteiger partial charge in [0.25, 0.3) is 0 Å². The average molecular weight is 271 g/mol. The Morgan fingerprint density at radius 2 is 1.80 bits per heavy atom. The quantitative estimate of drug-likeness (QED) is 0.875. The van der Waals surface area contributed by atoms with Gasteiger partial charge in [0.05, 0.1) is 18.1 Å². The molecule has 0 aliphatic carbocycles. The maximum Gasteiger partial charge on any atom is 0.229 e. The molecule has 3 rings (SSSR count). The number of nitrogens with two attached hydrogens (primary N) is 1. The molecule has 1 fully saturated rings. The second-order valence-corrected chi connectivity index (χ2v) is 4.78. The van der Waals surface area contributed by atoms with Crippen molar-refractivity contribution in [3.63, 3.8) is 0 Å². The third-order valence-electron chi connectivity index (χ3n) is 3.21. The standard InChI is InChI=1S/C13H17N7/c14-11-6-12(17-10-7-15-9-16-8-10)19-13(18-11)20-4-2-1-3-5-20/h6-9H,1-5H2,(H3,14,17,18,19). The summed E-state index contributed by atoms with van der Waals surface area (Å²) < 4.78 is 0. The zero-order chi connectivity index (χ0) is 13.8. The molecular formula is C13H17N7. The van der Waals surface area contributed by atoms with Gasteiger partial charge in [0.1, 0.15) is 18.0 Å². The van der Waals surface area contributed by atoms with Gasteiger partial charge in [-0.3, -0.25) is 0 Å². The highest BCUT2D eigenvalue weighted by molar-refractivity contribution is 5.59. The number of nitrogens with one attached hydrogen (secondary N) is 1. The first-order chi connectivity index (χ1) is 9.81. The first-order valence-electron chi connectivity index (χ1n) is 6.73. The second-order valence-electron chi connectivity index (χ2n) is 4.78. The molecule has 1 aliphatic rings. The molecule has 1 saturated heterocycles. The van der Waals surface area contributed by atoms with Gasteiger partial charge in [0, 0.05) is 19.2 Å². The lowest BCUT2D eigenvalue weighted by molar-refractivity contribution is 0.568. The molecule has 3 N–H and O–H groups in total. The highest BCUT2D eigenvalue weighted by Gasteiger charge is 2.14. The predicted molar refractivity (Wildman–Crippen MR) is 77.8 cm³/mol. The Morgan fingerprint density at radius 3 is 2.55 bits per heavy atom. The van der Waals surface area contributed by atoms with E-state index in [1.165, 1.54) is 25.6 Å². The molecule has 0 aromatic carbocycles. The molecular weight excluding hydrogens is 254 g/mol. The van der Waals surface area contributed by atoms with E-state index >= 15 is 0 Å². The van der Waals surface area contributed by atoms with Crippen LogP contribution in [0.5, 0.6) is 0 Å². The van der Waals surface area contributed by atoms with E-state index in [4.69, 9.17) is 5.73 Å². The molecule has 7 heteroatoms. The molecule has 2 aromatic rings. The van der Waals surface area contributed by atoms with Gasteiger partial charge >= 0.3 is 0 Å². The molecule has 0 atom stereocenters. The van der Waals surface area contributed by atoms with Crippen molar-refractivity contribution < 1.29 is 0 Å². The van der Waals surface area contributed by atoms with Gasteiger partial charge in [-0.25, -0.2) is 9.97 Å². The molecule has 104 valence electrons. The molecule has 7 nitrogen and oxygen atoms in total. The van der Waals surface area contributed by atoms with Gasteiger partial charge < -0.3 is 16.0 Å². The summed E-state index contributed by atoms with van der Waals surface area (Å²) in [7, 11) is 0. The van der Waals surface area contributed by atoms with Crippen molar-refractivity contribution in [1.29, 1.82) is 0 Å². The highest BCUT2D eigenvalue weighted by Crippen LogP contribution is 2.21. The molecule has 0 saturated carbocycles. The highest BCUT2D eigenvalue weighted by atomic mass is 15.3. The van der Waals surface area contributed by atoms with Crippen LogP contribution in [0, 0.1) is 0 Å². The minimum Gasteiger partial charge on any atom is -0.383 e. The molecule has 0 radical (unpaired) electrons.